The smallest absolute Gasteiger partial charge is 0.220 e. The Morgan fingerprint density at radius 1 is 0.302 bits per heavy atom. The number of carbonyl (C=O) groups excluding carboxylic acids is 1. The number of hydrogen-bond acceptors (Lipinski definition) is 18. The Morgan fingerprint density at radius 3 is 0.821 bits per heavy atom. The van der Waals surface area contributed by atoms with E-state index in [0.29, 0.717) is 12.8 Å². The standard InChI is InChI=1S/C87H169NO18/c1-3-5-7-9-11-13-15-17-19-21-23-25-27-28-29-30-31-32-33-34-35-36-37-38-39-40-41-42-43-45-47-49-51-53-55-57-59-61-63-65-75(93)88-70(71(92)64-62-60-58-56-54-52-50-48-46-44-26-24-22-20-18-16-14-12-10-8-6-4-2)69-101-85-81(99)78(96)83(73(67-90)103-85)106-87-82(100)79(97)84(74(68-91)104-87)105-86-80(98)77(95)76(94)72(66-89)102-86/h70-74,76-87,89-92,94-100H,3-69H2,1-2H3,(H,88,93). The first-order chi connectivity index (χ1) is 51.8. The van der Waals surface area contributed by atoms with Gasteiger partial charge in [-0.3, -0.25) is 4.79 Å². The lowest BCUT2D eigenvalue weighted by atomic mass is 9.96. The molecule has 0 aromatic heterocycles. The van der Waals surface area contributed by atoms with Gasteiger partial charge in [-0.1, -0.05) is 399 Å². The first-order valence-electron chi connectivity index (χ1n) is 45.3. The predicted molar refractivity (Wildman–Crippen MR) is 425 cm³/mol. The van der Waals surface area contributed by atoms with Gasteiger partial charge in [0.05, 0.1) is 38.6 Å². The van der Waals surface area contributed by atoms with Gasteiger partial charge in [0.2, 0.25) is 5.91 Å². The minimum absolute atomic E-state index is 0.231. The van der Waals surface area contributed by atoms with Crippen LogP contribution in [0.2, 0.25) is 0 Å². The lowest BCUT2D eigenvalue weighted by molar-refractivity contribution is -0.379. The summed E-state index contributed by atoms with van der Waals surface area (Å²) in [6.07, 6.45) is 55.2. The van der Waals surface area contributed by atoms with Gasteiger partial charge in [-0.05, 0) is 12.8 Å². The number of hydrogen-bond donors (Lipinski definition) is 12. The van der Waals surface area contributed by atoms with E-state index < -0.39 is 124 Å². The van der Waals surface area contributed by atoms with Gasteiger partial charge in [-0.25, -0.2) is 0 Å². The number of unbranched alkanes of at least 4 members (excludes halogenated alkanes) is 59. The SMILES string of the molecule is CCCCCCCCCCCCCCCCCCCCCCCCCCCCCCCCCCCCCCCCCC(=O)NC(COC1OC(CO)C(OC2OC(CO)C(OC3OC(CO)C(O)C(O)C3O)C(O)C2O)C(O)C1O)C(O)CCCCCCCCCCCCCCCCCCCCCCCC. The first kappa shape index (κ1) is 99.0. The van der Waals surface area contributed by atoms with Crippen molar-refractivity contribution in [2.45, 2.75) is 523 Å². The molecule has 0 aromatic rings. The second kappa shape index (κ2) is 68.2. The van der Waals surface area contributed by atoms with E-state index in [1.807, 2.05) is 0 Å². The summed E-state index contributed by atoms with van der Waals surface area (Å²) >= 11 is 0. The molecule has 1 amide bonds. The number of aliphatic hydroxyl groups excluding tert-OH is 11. The third-order valence-corrected chi connectivity index (χ3v) is 23.2. The minimum Gasteiger partial charge on any atom is -0.394 e. The van der Waals surface area contributed by atoms with Crippen LogP contribution in [0.1, 0.15) is 418 Å². The number of rotatable bonds is 75. The Kier molecular flexibility index (Phi) is 63.7. The summed E-state index contributed by atoms with van der Waals surface area (Å²) in [5, 5.41) is 121. The summed E-state index contributed by atoms with van der Waals surface area (Å²) < 4.78 is 34.6. The molecule has 3 saturated heterocycles. The van der Waals surface area contributed by atoms with Crippen LogP contribution in [0, 0.1) is 0 Å². The van der Waals surface area contributed by atoms with Crippen LogP contribution >= 0.6 is 0 Å². The molecule has 0 radical (unpaired) electrons. The molecule has 3 aliphatic heterocycles. The number of carbonyl (C=O) groups is 1. The summed E-state index contributed by atoms with van der Waals surface area (Å²) in [5.41, 5.74) is 0. The van der Waals surface area contributed by atoms with Crippen molar-refractivity contribution in [3.8, 4) is 0 Å². The molecule has 17 unspecified atom stereocenters. The summed E-state index contributed by atoms with van der Waals surface area (Å²) in [5.74, 6) is -0.231. The molecule has 19 nitrogen and oxygen atoms in total. The number of ether oxygens (including phenoxy) is 6. The summed E-state index contributed by atoms with van der Waals surface area (Å²) in [4.78, 5) is 13.5. The molecule has 0 aromatic carbocycles. The fourth-order valence-corrected chi connectivity index (χ4v) is 16.0. The third-order valence-electron chi connectivity index (χ3n) is 23.2. The monoisotopic (exact) mass is 1520 g/mol. The number of nitrogens with one attached hydrogen (secondary N) is 1. The Hall–Kier alpha value is -1.21. The average Bonchev–Trinajstić information content (AvgIpc) is 0.780. The van der Waals surface area contributed by atoms with Crippen molar-refractivity contribution in [2.24, 2.45) is 0 Å². The zero-order valence-corrected chi connectivity index (χ0v) is 68.0. The molecule has 0 bridgehead atoms. The molecule has 3 heterocycles. The number of amides is 1. The molecule has 3 fully saturated rings. The highest BCUT2D eigenvalue weighted by molar-refractivity contribution is 5.76. The van der Waals surface area contributed by atoms with Crippen molar-refractivity contribution < 1.29 is 89.4 Å². The van der Waals surface area contributed by atoms with Crippen LogP contribution < -0.4 is 5.32 Å². The van der Waals surface area contributed by atoms with Crippen LogP contribution in [0.15, 0.2) is 0 Å². The summed E-state index contributed by atoms with van der Waals surface area (Å²) in [6.45, 7) is 1.89. The van der Waals surface area contributed by atoms with E-state index >= 15 is 0 Å². The van der Waals surface area contributed by atoms with Gasteiger partial charge in [0.15, 0.2) is 18.9 Å². The average molecular weight is 1520 g/mol. The fraction of sp³-hybridized carbons (Fsp3) is 0.989. The number of aliphatic hydroxyl groups is 11. The molecule has 0 spiro atoms. The molecular weight excluding hydrogens is 1350 g/mol. The topological polar surface area (TPSA) is 307 Å². The zero-order chi connectivity index (χ0) is 76.7. The Labute approximate surface area is 646 Å². The van der Waals surface area contributed by atoms with Gasteiger partial charge < -0.3 is 89.9 Å². The van der Waals surface area contributed by atoms with Crippen molar-refractivity contribution in [3.05, 3.63) is 0 Å². The minimum atomic E-state index is -1.97. The molecule has 12 N–H and O–H groups in total. The molecule has 0 saturated carbocycles. The highest BCUT2D eigenvalue weighted by Gasteiger charge is 2.54. The Bertz CT molecular complexity index is 1910. The maximum absolute atomic E-state index is 13.5. The second-order valence-corrected chi connectivity index (χ2v) is 32.8. The van der Waals surface area contributed by atoms with Gasteiger partial charge in [-0.15, -0.1) is 0 Å². The largest absolute Gasteiger partial charge is 0.394 e. The van der Waals surface area contributed by atoms with Crippen LogP contribution in [-0.4, -0.2) is 193 Å². The molecule has 17 atom stereocenters. The van der Waals surface area contributed by atoms with Gasteiger partial charge in [0, 0.05) is 6.42 Å². The molecule has 106 heavy (non-hydrogen) atoms. The molecular formula is C87H169NO18. The fourth-order valence-electron chi connectivity index (χ4n) is 16.0. The predicted octanol–water partition coefficient (Wildman–Crippen LogP) is 16.9. The Morgan fingerprint density at radius 2 is 0.538 bits per heavy atom. The van der Waals surface area contributed by atoms with E-state index in [1.165, 1.54) is 340 Å². The van der Waals surface area contributed by atoms with Crippen molar-refractivity contribution in [2.75, 3.05) is 26.4 Å². The van der Waals surface area contributed by atoms with Gasteiger partial charge in [0.1, 0.15) is 73.2 Å². The summed E-state index contributed by atoms with van der Waals surface area (Å²) in [6, 6.07) is -0.884. The highest BCUT2D eigenvalue weighted by Crippen LogP contribution is 2.34. The van der Waals surface area contributed by atoms with E-state index in [2.05, 4.69) is 19.2 Å². The molecule has 0 aliphatic carbocycles. The van der Waals surface area contributed by atoms with Crippen LogP contribution in [0.5, 0.6) is 0 Å². The van der Waals surface area contributed by atoms with Crippen molar-refractivity contribution >= 4 is 5.91 Å². The lowest BCUT2D eigenvalue weighted by Gasteiger charge is -2.48. The first-order valence-corrected chi connectivity index (χ1v) is 45.3. The maximum Gasteiger partial charge on any atom is 0.220 e. The molecule has 3 aliphatic rings. The van der Waals surface area contributed by atoms with Crippen LogP contribution in [0.3, 0.4) is 0 Å². The maximum atomic E-state index is 13.5. The van der Waals surface area contributed by atoms with Crippen molar-refractivity contribution in [1.82, 2.24) is 5.32 Å². The quantitative estimate of drug-likeness (QED) is 0.0252. The second-order valence-electron chi connectivity index (χ2n) is 32.8. The Balaban J connectivity index is 1.28. The van der Waals surface area contributed by atoms with E-state index in [0.717, 1.165) is 44.9 Å². The van der Waals surface area contributed by atoms with Crippen molar-refractivity contribution in [1.29, 1.82) is 0 Å². The molecule has 3 rings (SSSR count). The zero-order valence-electron chi connectivity index (χ0n) is 68.0. The van der Waals surface area contributed by atoms with Gasteiger partial charge in [0.25, 0.3) is 0 Å². The van der Waals surface area contributed by atoms with Gasteiger partial charge in [-0.2, -0.15) is 0 Å². The van der Waals surface area contributed by atoms with Crippen molar-refractivity contribution in [3.63, 3.8) is 0 Å². The van der Waals surface area contributed by atoms with E-state index in [1.54, 1.807) is 0 Å². The molecule has 630 valence electrons. The van der Waals surface area contributed by atoms with Crippen LogP contribution in [0.4, 0.5) is 0 Å². The molecule has 19 heteroatoms. The van der Waals surface area contributed by atoms with Crippen LogP contribution in [-0.2, 0) is 33.2 Å². The van der Waals surface area contributed by atoms with E-state index in [9.17, 15) is 61.0 Å². The highest BCUT2D eigenvalue weighted by atomic mass is 16.8. The van der Waals surface area contributed by atoms with Gasteiger partial charge >= 0.3 is 0 Å². The van der Waals surface area contributed by atoms with Crippen LogP contribution in [0.25, 0.3) is 0 Å². The van der Waals surface area contributed by atoms with E-state index in [4.69, 9.17) is 28.4 Å². The summed E-state index contributed by atoms with van der Waals surface area (Å²) in [7, 11) is 0. The normalized spacial score (nSPS) is 25.5. The lowest BCUT2D eigenvalue weighted by Crippen LogP contribution is -2.66. The van der Waals surface area contributed by atoms with E-state index in [-0.39, 0.29) is 18.9 Å². The third kappa shape index (κ3) is 46.8.